The number of piperidine rings is 1. The van der Waals surface area contributed by atoms with Crippen molar-refractivity contribution in [1.82, 2.24) is 4.90 Å². The zero-order chi connectivity index (χ0) is 17.4. The smallest absolute Gasteiger partial charge is 0.254 e. The number of imide groups is 1. The van der Waals surface area contributed by atoms with Crippen LogP contribution in [0.25, 0.3) is 0 Å². The average Bonchev–Trinajstić information content (AvgIpc) is 2.99. The quantitative estimate of drug-likeness (QED) is 0.777. The van der Waals surface area contributed by atoms with E-state index in [9.17, 15) is 14.4 Å². The largest absolute Gasteiger partial charge is 0.335 e. The van der Waals surface area contributed by atoms with Crippen LogP contribution < -0.4 is 4.90 Å². The zero-order valence-corrected chi connectivity index (χ0v) is 14.4. The molecule has 132 valence electrons. The van der Waals surface area contributed by atoms with Crippen LogP contribution in [-0.2, 0) is 9.59 Å². The van der Waals surface area contributed by atoms with Gasteiger partial charge in [0.25, 0.3) is 5.91 Å². The van der Waals surface area contributed by atoms with Gasteiger partial charge in [-0.15, -0.1) is 0 Å². The molecule has 25 heavy (non-hydrogen) atoms. The van der Waals surface area contributed by atoms with E-state index < -0.39 is 0 Å². The second kappa shape index (κ2) is 6.62. The molecular formula is C20H24N2O3. The number of nitrogens with zero attached hydrogens (tertiary/aromatic N) is 2. The minimum absolute atomic E-state index is 0.0854. The first-order valence-electron chi connectivity index (χ1n) is 9.42. The molecule has 1 aliphatic carbocycles. The first-order chi connectivity index (χ1) is 12.1. The van der Waals surface area contributed by atoms with Crippen molar-refractivity contribution >= 4 is 23.4 Å². The Labute approximate surface area is 148 Å². The number of amides is 3. The fraction of sp³-hybridized carbons (Fsp3) is 0.550. The topological polar surface area (TPSA) is 57.7 Å². The summed E-state index contributed by atoms with van der Waals surface area (Å²) < 4.78 is 0. The van der Waals surface area contributed by atoms with Gasteiger partial charge in [-0.05, 0) is 55.9 Å². The van der Waals surface area contributed by atoms with Crippen LogP contribution in [0.1, 0.15) is 61.7 Å². The number of carbonyl (C=O) groups is 3. The van der Waals surface area contributed by atoms with Crippen LogP contribution in [0, 0.1) is 5.92 Å². The summed E-state index contributed by atoms with van der Waals surface area (Å²) in [6, 6.07) is 7.33. The molecule has 1 saturated carbocycles. The summed E-state index contributed by atoms with van der Waals surface area (Å²) in [4.78, 5) is 40.0. The van der Waals surface area contributed by atoms with Gasteiger partial charge in [-0.2, -0.15) is 0 Å². The summed E-state index contributed by atoms with van der Waals surface area (Å²) in [5.41, 5.74) is 1.22. The number of carbonyl (C=O) groups excluding carboxylic acids is 3. The third kappa shape index (κ3) is 2.96. The zero-order valence-electron chi connectivity index (χ0n) is 14.4. The van der Waals surface area contributed by atoms with E-state index >= 15 is 0 Å². The van der Waals surface area contributed by atoms with E-state index in [2.05, 4.69) is 4.90 Å². The minimum atomic E-state index is -0.162. The van der Waals surface area contributed by atoms with E-state index in [0.717, 1.165) is 19.4 Å². The number of anilines is 1. The van der Waals surface area contributed by atoms with Gasteiger partial charge in [0.1, 0.15) is 0 Å². The highest BCUT2D eigenvalue weighted by Crippen LogP contribution is 2.36. The molecule has 0 spiro atoms. The van der Waals surface area contributed by atoms with Gasteiger partial charge in [0.15, 0.2) is 0 Å². The van der Waals surface area contributed by atoms with E-state index in [1.165, 1.54) is 30.6 Å². The second-order valence-electron chi connectivity index (χ2n) is 7.42. The van der Waals surface area contributed by atoms with Gasteiger partial charge in [0, 0.05) is 31.0 Å². The molecule has 0 N–H and O–H groups in total. The lowest BCUT2D eigenvalue weighted by atomic mass is 9.78. The molecule has 0 unspecified atom stereocenters. The predicted octanol–water partition coefficient (Wildman–Crippen LogP) is 3.13. The number of likely N-dealkylation sites (tertiary alicyclic amines) is 1. The van der Waals surface area contributed by atoms with E-state index in [-0.39, 0.29) is 30.6 Å². The van der Waals surface area contributed by atoms with Gasteiger partial charge in [-0.3, -0.25) is 19.3 Å². The Bertz CT molecular complexity index is 679. The highest BCUT2D eigenvalue weighted by atomic mass is 16.2. The fourth-order valence-corrected chi connectivity index (χ4v) is 4.66. The fourth-order valence-electron chi connectivity index (χ4n) is 4.66. The Morgan fingerprint density at radius 2 is 1.52 bits per heavy atom. The lowest BCUT2D eigenvalue weighted by molar-refractivity contribution is -0.121. The van der Waals surface area contributed by atoms with Crippen LogP contribution in [0.15, 0.2) is 24.3 Å². The maximum Gasteiger partial charge on any atom is 0.254 e. The van der Waals surface area contributed by atoms with Gasteiger partial charge >= 0.3 is 0 Å². The van der Waals surface area contributed by atoms with Gasteiger partial charge in [0.05, 0.1) is 5.69 Å². The molecule has 2 atom stereocenters. The maximum absolute atomic E-state index is 13.0. The molecule has 1 aromatic carbocycles. The summed E-state index contributed by atoms with van der Waals surface area (Å²) in [6.07, 6.45) is 7.73. The summed E-state index contributed by atoms with van der Waals surface area (Å²) in [7, 11) is 0. The van der Waals surface area contributed by atoms with Crippen LogP contribution in [0.5, 0.6) is 0 Å². The Balaban J connectivity index is 1.52. The van der Waals surface area contributed by atoms with Crippen LogP contribution in [0.4, 0.5) is 5.69 Å². The van der Waals surface area contributed by atoms with Gasteiger partial charge < -0.3 is 4.90 Å². The highest BCUT2D eigenvalue weighted by Gasteiger charge is 2.36. The molecule has 2 saturated heterocycles. The van der Waals surface area contributed by atoms with E-state index in [0.29, 0.717) is 23.2 Å². The first-order valence-corrected chi connectivity index (χ1v) is 9.42. The summed E-state index contributed by atoms with van der Waals surface area (Å²) in [5, 5.41) is 0. The standard InChI is InChI=1S/C20H24N2O3/c23-18-11-12-19(24)22(18)16-9-7-15(8-10-16)20(25)21-13-3-5-14-4-1-2-6-17(14)21/h7-10,14,17H,1-6,11-13H2/t14-,17+/m0/s1. The van der Waals surface area contributed by atoms with Crippen LogP contribution in [-0.4, -0.2) is 35.2 Å². The number of benzene rings is 1. The van der Waals surface area contributed by atoms with Gasteiger partial charge in [-0.25, -0.2) is 0 Å². The number of hydrogen-bond acceptors (Lipinski definition) is 3. The monoisotopic (exact) mass is 340 g/mol. The lowest BCUT2D eigenvalue weighted by Crippen LogP contribution is -2.49. The van der Waals surface area contributed by atoms with Crippen molar-refractivity contribution in [1.29, 1.82) is 0 Å². The Kier molecular flexibility index (Phi) is 4.32. The predicted molar refractivity (Wildman–Crippen MR) is 94.2 cm³/mol. The van der Waals surface area contributed by atoms with Crippen LogP contribution >= 0.6 is 0 Å². The van der Waals surface area contributed by atoms with E-state index in [4.69, 9.17) is 0 Å². The molecule has 5 nitrogen and oxygen atoms in total. The average molecular weight is 340 g/mol. The third-order valence-corrected chi connectivity index (χ3v) is 5.93. The number of hydrogen-bond donors (Lipinski definition) is 0. The van der Waals surface area contributed by atoms with Gasteiger partial charge in [-0.1, -0.05) is 12.8 Å². The highest BCUT2D eigenvalue weighted by molar-refractivity contribution is 6.19. The number of rotatable bonds is 2. The maximum atomic E-state index is 13.0. The first kappa shape index (κ1) is 16.3. The summed E-state index contributed by atoms with van der Waals surface area (Å²) in [5.74, 6) is 0.420. The molecule has 1 aromatic rings. The molecule has 5 heteroatoms. The van der Waals surface area contributed by atoms with Crippen molar-refractivity contribution in [2.45, 2.75) is 57.4 Å². The van der Waals surface area contributed by atoms with Crippen molar-refractivity contribution in [2.24, 2.45) is 5.92 Å². The number of fused-ring (bicyclic) bond motifs is 1. The van der Waals surface area contributed by atoms with Crippen molar-refractivity contribution in [3.63, 3.8) is 0 Å². The van der Waals surface area contributed by atoms with E-state index in [1.807, 2.05) is 0 Å². The molecule has 0 bridgehead atoms. The molecule has 0 radical (unpaired) electrons. The van der Waals surface area contributed by atoms with Crippen molar-refractivity contribution in [3.05, 3.63) is 29.8 Å². The lowest BCUT2D eigenvalue weighted by Gasteiger charge is -2.44. The minimum Gasteiger partial charge on any atom is -0.335 e. The molecule has 3 aliphatic rings. The molecule has 3 fully saturated rings. The summed E-state index contributed by atoms with van der Waals surface area (Å²) >= 11 is 0. The van der Waals surface area contributed by atoms with Crippen LogP contribution in [0.2, 0.25) is 0 Å². The molecule has 0 aromatic heterocycles. The van der Waals surface area contributed by atoms with Crippen molar-refractivity contribution in [2.75, 3.05) is 11.4 Å². The molecular weight excluding hydrogens is 316 g/mol. The van der Waals surface area contributed by atoms with Crippen molar-refractivity contribution in [3.8, 4) is 0 Å². The molecule has 2 aliphatic heterocycles. The summed E-state index contributed by atoms with van der Waals surface area (Å²) in [6.45, 7) is 0.838. The Morgan fingerprint density at radius 3 is 2.24 bits per heavy atom. The normalized spacial score (nSPS) is 26.7. The van der Waals surface area contributed by atoms with Crippen molar-refractivity contribution < 1.29 is 14.4 Å². The van der Waals surface area contributed by atoms with E-state index in [1.54, 1.807) is 24.3 Å². The molecule has 2 heterocycles. The Morgan fingerprint density at radius 1 is 0.880 bits per heavy atom. The Hall–Kier alpha value is -2.17. The van der Waals surface area contributed by atoms with Crippen LogP contribution in [0.3, 0.4) is 0 Å². The SMILES string of the molecule is O=C1CCC(=O)N1c1ccc(C(=O)N2CCC[C@@H]3CCCC[C@H]32)cc1. The van der Waals surface area contributed by atoms with Gasteiger partial charge in [0.2, 0.25) is 11.8 Å². The molecule has 3 amide bonds. The molecule has 4 rings (SSSR count). The second-order valence-corrected chi connectivity index (χ2v) is 7.42. The third-order valence-electron chi connectivity index (χ3n) is 5.93.